The van der Waals surface area contributed by atoms with Gasteiger partial charge in [-0.15, -0.1) is 21.5 Å². The number of anilines is 1. The molecule has 0 saturated carbocycles. The third-order valence-corrected chi connectivity index (χ3v) is 4.27. The lowest BCUT2D eigenvalue weighted by atomic mass is 10.1. The summed E-state index contributed by atoms with van der Waals surface area (Å²) in [6.07, 6.45) is 1.68. The highest BCUT2D eigenvalue weighted by Gasteiger charge is 2.07. The van der Waals surface area contributed by atoms with Crippen molar-refractivity contribution < 1.29 is 4.74 Å². The van der Waals surface area contributed by atoms with Gasteiger partial charge in [-0.05, 0) is 48.2 Å². The van der Waals surface area contributed by atoms with Crippen LogP contribution in [-0.4, -0.2) is 28.5 Å². The average molecular weight is 341 g/mol. The number of ether oxygens (including phenoxy) is 1. The monoisotopic (exact) mass is 341 g/mol. The van der Waals surface area contributed by atoms with Crippen molar-refractivity contribution in [2.45, 2.75) is 6.92 Å². The maximum absolute atomic E-state index is 12.2. The Morgan fingerprint density at radius 3 is 2.67 bits per heavy atom. The second kappa shape index (κ2) is 7.05. The van der Waals surface area contributed by atoms with Crippen LogP contribution in [0.1, 0.15) is 10.4 Å². The largest absolute Gasteiger partial charge is 0.497 e. The van der Waals surface area contributed by atoms with E-state index in [1.807, 2.05) is 18.4 Å². The Hall–Kier alpha value is -3.00. The van der Waals surface area contributed by atoms with Gasteiger partial charge in [0.25, 0.3) is 5.56 Å². The summed E-state index contributed by atoms with van der Waals surface area (Å²) in [5.74, 6) is 0.891. The standard InChI is InChI=1S/C16H15N5O2S/c1-10-7-8-24-13(10)9-17-20-16-18-15(22)14(19-21-16)11-3-5-12(23-2)6-4-11/h3-9H,1-2H3,(H2,18,20,21,22)/b17-9+. The number of aromatic nitrogens is 3. The molecule has 0 fully saturated rings. The smallest absolute Gasteiger partial charge is 0.279 e. The Kier molecular flexibility index (Phi) is 4.66. The molecule has 0 radical (unpaired) electrons. The number of hydrogen-bond acceptors (Lipinski definition) is 7. The minimum absolute atomic E-state index is 0.183. The van der Waals surface area contributed by atoms with E-state index in [-0.39, 0.29) is 17.2 Å². The molecule has 0 bridgehead atoms. The van der Waals surface area contributed by atoms with Crippen molar-refractivity contribution in [3.05, 3.63) is 56.5 Å². The van der Waals surface area contributed by atoms with Crippen LogP contribution in [0.2, 0.25) is 0 Å². The highest BCUT2D eigenvalue weighted by atomic mass is 32.1. The van der Waals surface area contributed by atoms with Gasteiger partial charge in [0.05, 0.1) is 13.3 Å². The Labute approximate surface area is 142 Å². The van der Waals surface area contributed by atoms with Crippen LogP contribution in [0.25, 0.3) is 11.3 Å². The molecule has 0 aliphatic rings. The maximum Gasteiger partial charge on any atom is 0.279 e. The van der Waals surface area contributed by atoms with E-state index in [0.717, 1.165) is 10.4 Å². The third kappa shape index (κ3) is 3.49. The molecule has 24 heavy (non-hydrogen) atoms. The molecular formula is C16H15N5O2S. The summed E-state index contributed by atoms with van der Waals surface area (Å²) in [7, 11) is 1.58. The van der Waals surface area contributed by atoms with Crippen LogP contribution in [0.5, 0.6) is 5.75 Å². The van der Waals surface area contributed by atoms with E-state index < -0.39 is 0 Å². The Morgan fingerprint density at radius 1 is 1.25 bits per heavy atom. The first-order chi connectivity index (χ1) is 11.7. The van der Waals surface area contributed by atoms with Crippen LogP contribution in [-0.2, 0) is 0 Å². The van der Waals surface area contributed by atoms with Crippen molar-refractivity contribution in [2.75, 3.05) is 12.5 Å². The van der Waals surface area contributed by atoms with E-state index in [1.165, 1.54) is 0 Å². The molecule has 122 valence electrons. The van der Waals surface area contributed by atoms with Crippen molar-refractivity contribution in [2.24, 2.45) is 5.10 Å². The molecule has 1 aromatic carbocycles. The summed E-state index contributed by atoms with van der Waals surface area (Å²) >= 11 is 1.58. The van der Waals surface area contributed by atoms with E-state index in [9.17, 15) is 4.79 Å². The fraction of sp³-hybridized carbons (Fsp3) is 0.125. The molecule has 0 aliphatic heterocycles. The number of hydrazone groups is 1. The van der Waals surface area contributed by atoms with Crippen LogP contribution < -0.4 is 15.7 Å². The normalized spacial score (nSPS) is 10.9. The van der Waals surface area contributed by atoms with Gasteiger partial charge in [0.2, 0.25) is 5.95 Å². The number of thiophene rings is 1. The number of rotatable bonds is 5. The zero-order chi connectivity index (χ0) is 16.9. The first kappa shape index (κ1) is 15.9. The van der Waals surface area contributed by atoms with Crippen molar-refractivity contribution in [1.82, 2.24) is 15.2 Å². The molecule has 3 rings (SSSR count). The molecule has 3 aromatic rings. The Bertz CT molecular complexity index is 915. The maximum atomic E-state index is 12.2. The zero-order valence-corrected chi connectivity index (χ0v) is 13.9. The Balaban J connectivity index is 1.75. The van der Waals surface area contributed by atoms with E-state index in [0.29, 0.717) is 11.3 Å². The van der Waals surface area contributed by atoms with Gasteiger partial charge in [0.1, 0.15) is 5.75 Å². The number of hydrogen-bond donors (Lipinski definition) is 2. The number of benzene rings is 1. The van der Waals surface area contributed by atoms with Gasteiger partial charge < -0.3 is 4.74 Å². The molecule has 8 heteroatoms. The summed E-state index contributed by atoms with van der Waals surface area (Å²) in [6, 6.07) is 9.04. The molecule has 0 atom stereocenters. The number of H-pyrrole nitrogens is 1. The molecule has 0 amide bonds. The summed E-state index contributed by atoms with van der Waals surface area (Å²) < 4.78 is 5.09. The van der Waals surface area contributed by atoms with Crippen LogP contribution in [0.4, 0.5) is 5.95 Å². The lowest BCUT2D eigenvalue weighted by Gasteiger charge is -2.03. The average Bonchev–Trinajstić information content (AvgIpc) is 3.00. The molecule has 7 nitrogen and oxygen atoms in total. The van der Waals surface area contributed by atoms with Gasteiger partial charge in [-0.25, -0.2) is 5.43 Å². The first-order valence-corrected chi connectivity index (χ1v) is 8.00. The number of methoxy groups -OCH3 is 1. The first-order valence-electron chi connectivity index (χ1n) is 7.12. The van der Waals surface area contributed by atoms with E-state index in [4.69, 9.17) is 4.74 Å². The molecule has 0 spiro atoms. The lowest BCUT2D eigenvalue weighted by molar-refractivity contribution is 0.415. The van der Waals surface area contributed by atoms with Gasteiger partial charge in [-0.3, -0.25) is 9.78 Å². The van der Waals surface area contributed by atoms with Crippen molar-refractivity contribution in [3.63, 3.8) is 0 Å². The van der Waals surface area contributed by atoms with Crippen molar-refractivity contribution in [1.29, 1.82) is 0 Å². The molecule has 0 aliphatic carbocycles. The van der Waals surface area contributed by atoms with Gasteiger partial charge >= 0.3 is 0 Å². The van der Waals surface area contributed by atoms with E-state index in [1.54, 1.807) is 48.9 Å². The summed E-state index contributed by atoms with van der Waals surface area (Å²) in [5, 5.41) is 14.0. The molecule has 2 aromatic heterocycles. The van der Waals surface area contributed by atoms with Gasteiger partial charge in [0, 0.05) is 10.4 Å². The van der Waals surface area contributed by atoms with E-state index >= 15 is 0 Å². The number of aryl methyl sites for hydroxylation is 1. The Morgan fingerprint density at radius 2 is 2.04 bits per heavy atom. The number of aromatic amines is 1. The van der Waals surface area contributed by atoms with Gasteiger partial charge in [-0.2, -0.15) is 5.10 Å². The van der Waals surface area contributed by atoms with Gasteiger partial charge in [-0.1, -0.05) is 0 Å². The molecule has 0 saturated heterocycles. The number of nitrogens with zero attached hydrogens (tertiary/aromatic N) is 3. The third-order valence-electron chi connectivity index (χ3n) is 3.31. The minimum Gasteiger partial charge on any atom is -0.497 e. The summed E-state index contributed by atoms with van der Waals surface area (Å²) in [6.45, 7) is 2.00. The SMILES string of the molecule is COc1ccc(-c2nnc(N/N=C/c3sccc3C)[nH]c2=O)cc1. The van der Waals surface area contributed by atoms with Crippen molar-refractivity contribution >= 4 is 23.5 Å². The molecule has 0 unspecified atom stereocenters. The molecule has 2 N–H and O–H groups in total. The zero-order valence-electron chi connectivity index (χ0n) is 13.1. The van der Waals surface area contributed by atoms with Gasteiger partial charge in [0.15, 0.2) is 5.69 Å². The fourth-order valence-corrected chi connectivity index (χ4v) is 2.78. The van der Waals surface area contributed by atoms with Crippen LogP contribution in [0.3, 0.4) is 0 Å². The van der Waals surface area contributed by atoms with Crippen LogP contribution >= 0.6 is 11.3 Å². The van der Waals surface area contributed by atoms with Crippen LogP contribution in [0, 0.1) is 6.92 Å². The van der Waals surface area contributed by atoms with Crippen LogP contribution in [0.15, 0.2) is 45.6 Å². The van der Waals surface area contributed by atoms with E-state index in [2.05, 4.69) is 25.7 Å². The highest BCUT2D eigenvalue weighted by molar-refractivity contribution is 7.11. The van der Waals surface area contributed by atoms with Crippen molar-refractivity contribution in [3.8, 4) is 17.0 Å². The predicted octanol–water partition coefficient (Wildman–Crippen LogP) is 2.66. The predicted molar refractivity (Wildman–Crippen MR) is 94.9 cm³/mol. The summed E-state index contributed by atoms with van der Waals surface area (Å²) in [4.78, 5) is 15.8. The second-order valence-electron chi connectivity index (χ2n) is 4.92. The quantitative estimate of drug-likeness (QED) is 0.550. The topological polar surface area (TPSA) is 92.3 Å². The fourth-order valence-electron chi connectivity index (χ4n) is 1.99. The minimum atomic E-state index is -0.347. The number of nitrogens with one attached hydrogen (secondary N) is 2. The highest BCUT2D eigenvalue weighted by Crippen LogP contribution is 2.17. The second-order valence-corrected chi connectivity index (χ2v) is 5.87. The molecular weight excluding hydrogens is 326 g/mol. The lowest BCUT2D eigenvalue weighted by Crippen LogP contribution is -2.15. The molecule has 2 heterocycles. The summed E-state index contributed by atoms with van der Waals surface area (Å²) in [5.41, 5.74) is 4.36.